The third kappa shape index (κ3) is 21.9. The van der Waals surface area contributed by atoms with Crippen LogP contribution in [-0.4, -0.2) is 208 Å². The lowest BCUT2D eigenvalue weighted by Gasteiger charge is -2.32. The molecule has 24 nitrogen and oxygen atoms in total. The number of anilines is 6. The molecule has 36 heteroatoms. The largest absolute Gasteiger partial charge is 0.488 e. The van der Waals surface area contributed by atoms with Crippen LogP contribution in [0.1, 0.15) is 72.1 Å². The maximum absolute atomic E-state index is 13.6. The van der Waals surface area contributed by atoms with Crippen molar-refractivity contribution in [1.82, 2.24) is 45.2 Å². The van der Waals surface area contributed by atoms with Crippen molar-refractivity contribution in [2.45, 2.75) is 97.1 Å². The molecule has 93 heavy (non-hydrogen) atoms. The minimum atomic E-state index is -4.59. The normalized spacial score (nSPS) is 20.1. The molecule has 5 aromatic rings. The minimum Gasteiger partial charge on any atom is -0.405 e. The van der Waals surface area contributed by atoms with Crippen LogP contribution in [-0.2, 0) is 54.7 Å². The highest BCUT2D eigenvalue weighted by Crippen LogP contribution is 2.44. The van der Waals surface area contributed by atoms with E-state index < -0.39 is 37.5 Å². The van der Waals surface area contributed by atoms with Crippen LogP contribution in [0.25, 0.3) is 11.3 Å². The number of rotatable bonds is 6. The maximum atomic E-state index is 13.6. The number of alkyl halides is 6. The van der Waals surface area contributed by atoms with E-state index in [0.717, 1.165) is 96.0 Å². The molecule has 7 saturated heterocycles. The van der Waals surface area contributed by atoms with Gasteiger partial charge in [-0.15, -0.1) is 0 Å². The van der Waals surface area contributed by atoms with Crippen LogP contribution in [0.3, 0.4) is 0 Å². The molecule has 12 heterocycles. The molecule has 0 aliphatic carbocycles. The summed E-state index contributed by atoms with van der Waals surface area (Å²) in [5, 5.41) is 4.21. The summed E-state index contributed by atoms with van der Waals surface area (Å²) in [6.07, 6.45) is -6.71. The van der Waals surface area contributed by atoms with E-state index in [1.54, 1.807) is 6.07 Å². The van der Waals surface area contributed by atoms with Crippen molar-refractivity contribution in [3.8, 4) is 11.3 Å². The number of nitrogen functional groups attached to an aromatic ring is 2. The van der Waals surface area contributed by atoms with Gasteiger partial charge in [-0.25, -0.2) is 29.9 Å². The summed E-state index contributed by atoms with van der Waals surface area (Å²) < 4.78 is 128. The average molecular weight is 1400 g/mol. The highest BCUT2D eigenvalue weighted by molar-refractivity contribution is 7.11. The molecule has 5 N–H and O–H groups in total. The molecule has 0 atom stereocenters. The number of hydrogen-bond acceptors (Lipinski definition) is 24. The van der Waals surface area contributed by atoms with Crippen LogP contribution >= 0.6 is 46.4 Å². The molecule has 0 unspecified atom stereocenters. The number of aromatic nitrogens is 8. The molecule has 12 rings (SSSR count). The summed E-state index contributed by atoms with van der Waals surface area (Å²) in [7, 11) is -0.952. The number of nitrogens with one attached hydrogen (secondary N) is 1. The molecule has 0 saturated carbocycles. The lowest BCUT2D eigenvalue weighted by molar-refractivity contribution is -0.138. The molecule has 5 aromatic heterocycles. The predicted molar refractivity (Wildman–Crippen MR) is 345 cm³/mol. The van der Waals surface area contributed by atoms with Crippen LogP contribution in [0.2, 0.25) is 20.7 Å². The number of aryl methyl sites for hydroxylation is 1. The van der Waals surface area contributed by atoms with Gasteiger partial charge in [0.2, 0.25) is 17.2 Å². The van der Waals surface area contributed by atoms with Gasteiger partial charge in [-0.3, -0.25) is 0 Å². The van der Waals surface area contributed by atoms with Crippen molar-refractivity contribution in [2.75, 3.05) is 163 Å². The molecule has 0 radical (unpaired) electrons. The quantitative estimate of drug-likeness (QED) is 0.0620. The third-order valence-electron chi connectivity index (χ3n) is 15.8. The fourth-order valence-corrected chi connectivity index (χ4v) is 10.2. The Kier molecular flexibility index (Phi) is 26.8. The Balaban J connectivity index is 0.000000168. The van der Waals surface area contributed by atoms with E-state index in [1.807, 2.05) is 71.3 Å². The zero-order valence-electron chi connectivity index (χ0n) is 53.3. The van der Waals surface area contributed by atoms with E-state index in [4.69, 9.17) is 100 Å². The Morgan fingerprint density at radius 3 is 1.17 bits per heavy atom. The van der Waals surface area contributed by atoms with Crippen molar-refractivity contribution >= 4 is 95.6 Å². The molecule has 512 valence electrons. The van der Waals surface area contributed by atoms with Crippen LogP contribution in [0, 0.1) is 6.92 Å². The SMILES string of the molecule is C1COCCN1.CC1(C)OB(B2OC(C)(C)C(C)(C)O2)OC1(C)C.Cc1cnc(N)cc1C(F)(F)F.Clc1cc(Cl)nc(Cl)n1.Clc1cc(N2CCOCC2)nc(N2CCOCC2)n1.Nc1cc(C(F)(F)F)c(-c2cc(N3CCOCC3)nc(N3CCOCC3)n2)cn1. The van der Waals surface area contributed by atoms with Crippen molar-refractivity contribution in [3.05, 3.63) is 80.2 Å². The van der Waals surface area contributed by atoms with E-state index in [2.05, 4.69) is 55.0 Å². The molecule has 0 bridgehead atoms. The Morgan fingerprint density at radius 2 is 0.806 bits per heavy atom. The molecule has 7 fully saturated rings. The van der Waals surface area contributed by atoms with Gasteiger partial charge in [-0.2, -0.15) is 36.3 Å². The lowest BCUT2D eigenvalue weighted by Crippen LogP contribution is -2.41. The first kappa shape index (κ1) is 75.2. The summed E-state index contributed by atoms with van der Waals surface area (Å²) >= 11 is 22.3. The first-order valence-electron chi connectivity index (χ1n) is 29.9. The Bertz CT molecular complexity index is 3010. The predicted octanol–water partition coefficient (Wildman–Crippen LogP) is 8.90. The zero-order chi connectivity index (χ0) is 67.9. The number of nitrogens with zero attached hydrogens (tertiary/aromatic N) is 12. The number of hydrogen-bond donors (Lipinski definition) is 3. The van der Waals surface area contributed by atoms with Crippen LogP contribution in [0.4, 0.5) is 61.5 Å². The van der Waals surface area contributed by atoms with E-state index in [0.29, 0.717) is 88.7 Å². The highest BCUT2D eigenvalue weighted by atomic mass is 35.5. The monoisotopic (exact) mass is 1390 g/mol. The highest BCUT2D eigenvalue weighted by Gasteiger charge is 2.63. The third-order valence-corrected chi connectivity index (χ3v) is 16.6. The summed E-state index contributed by atoms with van der Waals surface area (Å²) in [6, 6.07) is 6.46. The van der Waals surface area contributed by atoms with E-state index in [9.17, 15) is 26.3 Å². The first-order valence-corrected chi connectivity index (χ1v) is 31.5. The van der Waals surface area contributed by atoms with Crippen LogP contribution in [0.5, 0.6) is 0 Å². The van der Waals surface area contributed by atoms with Crippen LogP contribution in [0.15, 0.2) is 42.7 Å². The molecule has 7 aliphatic heterocycles. The van der Waals surface area contributed by atoms with Crippen LogP contribution < -0.4 is 36.4 Å². The lowest BCUT2D eigenvalue weighted by atomic mass is 9.49. The number of morpholine rings is 5. The molecular formula is C57H79B2Cl4F6N15O9. The van der Waals surface area contributed by atoms with Gasteiger partial charge in [0.05, 0.1) is 105 Å². The Hall–Kier alpha value is -5.19. The van der Waals surface area contributed by atoms with Gasteiger partial charge >= 0.3 is 26.4 Å². The molecule has 0 aromatic carbocycles. The minimum absolute atomic E-state index is 0.0625. The Morgan fingerprint density at radius 1 is 0.452 bits per heavy atom. The molecule has 0 amide bonds. The van der Waals surface area contributed by atoms with Gasteiger partial charge in [0.15, 0.2) is 0 Å². The van der Waals surface area contributed by atoms with Crippen molar-refractivity contribution in [3.63, 3.8) is 0 Å². The fraction of sp³-hybridized carbons (Fsp3) is 0.614. The van der Waals surface area contributed by atoms with Gasteiger partial charge in [0, 0.05) is 102 Å². The van der Waals surface area contributed by atoms with Crippen molar-refractivity contribution < 1.29 is 68.6 Å². The van der Waals surface area contributed by atoms with Crippen molar-refractivity contribution in [1.29, 1.82) is 0 Å². The second-order valence-electron chi connectivity index (χ2n) is 23.6. The molecular weight excluding hydrogens is 1320 g/mol. The first-order chi connectivity index (χ1) is 43.7. The Labute approximate surface area is 557 Å². The van der Waals surface area contributed by atoms with Gasteiger partial charge < -0.3 is 78.7 Å². The summed E-state index contributed by atoms with van der Waals surface area (Å²) in [5.74, 6) is 2.19. The topological polar surface area (TPSA) is 263 Å². The fourth-order valence-electron chi connectivity index (χ4n) is 9.31. The average Bonchev–Trinajstić information content (AvgIpc) is 1.64. The second kappa shape index (κ2) is 33.2. The molecule has 7 aliphatic rings. The standard InChI is InChI=1S/C18H21F3N6O2.C12H24B2O4.C12H17ClN4O2.C7H7F3N2.C4HCl3N2.C4H9NO/c19-18(20,21)13-9-15(22)23-11-12(13)14-10-16(26-1-5-28-6-2-26)25-17(24-14)27-3-7-29-8-4-27;1-9(2)10(3,4)16-13(15-9)14-17-11(5,6)12(7,8)18-14;13-10-9-11(16-1-5-18-6-2-16)15-12(14-10)17-3-7-19-8-4-17;1-4-3-12-6(11)2-5(4)7(8,9)10;5-2-1-3(6)9-4(7)8-2;1-3-6-4-2-5-1/h9-11H,1-8H2,(H2,22,23);1-8H3;9H,1-8H2;2-3H,1H3,(H2,11,12);1H;5H,1-4H2. The van der Waals surface area contributed by atoms with Gasteiger partial charge in [0.1, 0.15) is 38.7 Å². The summed E-state index contributed by atoms with van der Waals surface area (Å²) in [5.41, 5.74) is 7.69. The summed E-state index contributed by atoms with van der Waals surface area (Å²) in [4.78, 5) is 40.7. The zero-order valence-corrected chi connectivity index (χ0v) is 56.3. The number of nitrogens with two attached hydrogens (primary N) is 2. The smallest absolute Gasteiger partial charge is 0.405 e. The number of halogens is 10. The van der Waals surface area contributed by atoms with E-state index in [-0.39, 0.29) is 66.5 Å². The van der Waals surface area contributed by atoms with Gasteiger partial charge in [0.25, 0.3) is 0 Å². The van der Waals surface area contributed by atoms with E-state index >= 15 is 0 Å². The number of ether oxygens (including phenoxy) is 5. The maximum Gasteiger partial charge on any atom is 0.488 e. The van der Waals surface area contributed by atoms with E-state index in [1.165, 1.54) is 13.0 Å². The second-order valence-corrected chi connectivity index (χ2v) is 25.1. The summed E-state index contributed by atoms with van der Waals surface area (Å²) in [6.45, 7) is 32.0. The number of pyridine rings is 2. The van der Waals surface area contributed by atoms with Crippen molar-refractivity contribution in [2.24, 2.45) is 0 Å². The van der Waals surface area contributed by atoms with Gasteiger partial charge in [-0.1, -0.05) is 34.8 Å². The molecule has 0 spiro atoms. The van der Waals surface area contributed by atoms with Gasteiger partial charge in [-0.05, 0) is 91.6 Å².